The fourth-order valence-electron chi connectivity index (χ4n) is 2.62. The summed E-state index contributed by atoms with van der Waals surface area (Å²) in [6.45, 7) is 9.03. The molecule has 0 saturated carbocycles. The molecule has 0 aliphatic heterocycles. The van der Waals surface area contributed by atoms with Crippen molar-refractivity contribution >= 4 is 0 Å². The molecule has 1 nitrogen and oxygen atoms in total. The maximum Gasteiger partial charge on any atom is 0.0441 e. The van der Waals surface area contributed by atoms with Crippen LogP contribution in [0.25, 0.3) is 0 Å². The number of hydrogen-bond acceptors (Lipinski definition) is 1. The highest BCUT2D eigenvalue weighted by molar-refractivity contribution is 5.33. The molecule has 0 saturated heterocycles. The molecule has 0 aliphatic rings. The van der Waals surface area contributed by atoms with Gasteiger partial charge in [-0.15, -0.1) is 0 Å². The van der Waals surface area contributed by atoms with Crippen LogP contribution in [-0.2, 0) is 25.7 Å². The number of pyridine rings is 1. The molecule has 1 rings (SSSR count). The number of nitrogens with zero attached hydrogens (tertiary/aromatic N) is 1. The van der Waals surface area contributed by atoms with E-state index in [4.69, 9.17) is 4.98 Å². The highest BCUT2D eigenvalue weighted by atomic mass is 14.7. The van der Waals surface area contributed by atoms with Gasteiger partial charge in [-0.25, -0.2) is 0 Å². The number of hydrogen-bond donors (Lipinski definition) is 0. The maximum absolute atomic E-state index is 4.91. The van der Waals surface area contributed by atoms with Gasteiger partial charge in [0.25, 0.3) is 0 Å². The van der Waals surface area contributed by atoms with Crippen molar-refractivity contribution in [1.29, 1.82) is 0 Å². The highest BCUT2D eigenvalue weighted by Crippen LogP contribution is 2.20. The smallest absolute Gasteiger partial charge is 0.0441 e. The van der Waals surface area contributed by atoms with Crippen LogP contribution in [0.2, 0.25) is 0 Å². The Bertz CT molecular complexity index is 328. The molecular weight excluding hydrogens is 218 g/mol. The Morgan fingerprint density at radius 2 is 1.39 bits per heavy atom. The monoisotopic (exact) mass is 247 g/mol. The van der Waals surface area contributed by atoms with Crippen LogP contribution >= 0.6 is 0 Å². The number of aromatic nitrogens is 1. The van der Waals surface area contributed by atoms with Crippen LogP contribution in [0.5, 0.6) is 0 Å². The number of aryl methyl sites for hydroxylation is 3. The van der Waals surface area contributed by atoms with Crippen molar-refractivity contribution in [2.45, 2.75) is 79.1 Å². The van der Waals surface area contributed by atoms with Gasteiger partial charge in [0.2, 0.25) is 0 Å². The van der Waals surface area contributed by atoms with Crippen molar-refractivity contribution in [3.8, 4) is 0 Å². The van der Waals surface area contributed by atoms with Gasteiger partial charge in [0.05, 0.1) is 0 Å². The van der Waals surface area contributed by atoms with Gasteiger partial charge in [0, 0.05) is 11.4 Å². The summed E-state index contributed by atoms with van der Waals surface area (Å²) >= 11 is 0. The van der Waals surface area contributed by atoms with Gasteiger partial charge in [-0.05, 0) is 42.9 Å². The molecule has 102 valence electrons. The van der Waals surface area contributed by atoms with E-state index in [1.807, 2.05) is 0 Å². The lowest BCUT2D eigenvalue weighted by atomic mass is 9.95. The highest BCUT2D eigenvalue weighted by Gasteiger charge is 2.10. The van der Waals surface area contributed by atoms with E-state index in [0.29, 0.717) is 0 Å². The van der Waals surface area contributed by atoms with Gasteiger partial charge >= 0.3 is 0 Å². The minimum atomic E-state index is 1.12. The van der Waals surface area contributed by atoms with Crippen LogP contribution in [0.1, 0.15) is 75.9 Å². The molecular formula is C17H29N. The molecule has 0 atom stereocenters. The van der Waals surface area contributed by atoms with Gasteiger partial charge in [-0.2, -0.15) is 0 Å². The third kappa shape index (κ3) is 4.12. The molecule has 1 heterocycles. The van der Waals surface area contributed by atoms with E-state index < -0.39 is 0 Å². The summed E-state index contributed by atoms with van der Waals surface area (Å²) in [5.74, 6) is 0. The third-order valence-corrected chi connectivity index (χ3v) is 3.37. The van der Waals surface area contributed by atoms with Gasteiger partial charge in [0.15, 0.2) is 0 Å². The van der Waals surface area contributed by atoms with Gasteiger partial charge < -0.3 is 0 Å². The van der Waals surface area contributed by atoms with E-state index in [0.717, 1.165) is 12.8 Å². The van der Waals surface area contributed by atoms with Crippen LogP contribution in [0, 0.1) is 0 Å². The van der Waals surface area contributed by atoms with Gasteiger partial charge in [-0.3, -0.25) is 4.98 Å². The van der Waals surface area contributed by atoms with Crippen LogP contribution in [0.4, 0.5) is 0 Å². The lowest BCUT2D eigenvalue weighted by molar-refractivity contribution is 0.773. The standard InChI is InChI=1S/C17H29N/c1-5-9-14-13-15(10-6-2)18-17(12-8-4)16(14)11-7-3/h13H,5-12H2,1-4H3. The summed E-state index contributed by atoms with van der Waals surface area (Å²) in [6.07, 6.45) is 9.53. The molecule has 18 heavy (non-hydrogen) atoms. The second-order valence-corrected chi connectivity index (χ2v) is 5.20. The normalized spacial score (nSPS) is 10.9. The topological polar surface area (TPSA) is 12.9 Å². The molecule has 0 unspecified atom stereocenters. The van der Waals surface area contributed by atoms with Crippen LogP contribution in [0.3, 0.4) is 0 Å². The minimum absolute atomic E-state index is 1.12. The van der Waals surface area contributed by atoms with Crippen molar-refractivity contribution in [3.05, 3.63) is 28.6 Å². The molecule has 0 spiro atoms. The second kappa shape index (κ2) is 8.29. The fourth-order valence-corrected chi connectivity index (χ4v) is 2.62. The molecule has 0 aromatic carbocycles. The van der Waals surface area contributed by atoms with E-state index >= 15 is 0 Å². The zero-order valence-electron chi connectivity index (χ0n) is 12.7. The van der Waals surface area contributed by atoms with Crippen molar-refractivity contribution in [1.82, 2.24) is 4.98 Å². The van der Waals surface area contributed by atoms with Crippen LogP contribution < -0.4 is 0 Å². The quantitative estimate of drug-likeness (QED) is 0.637. The lowest BCUT2D eigenvalue weighted by Crippen LogP contribution is -2.06. The summed E-state index contributed by atoms with van der Waals surface area (Å²) in [4.78, 5) is 4.91. The first kappa shape index (κ1) is 15.2. The average Bonchev–Trinajstić information content (AvgIpc) is 2.34. The first-order chi connectivity index (χ1) is 8.76. The predicted molar refractivity (Wildman–Crippen MR) is 80.2 cm³/mol. The Hall–Kier alpha value is -0.850. The van der Waals surface area contributed by atoms with Crippen LogP contribution in [0.15, 0.2) is 6.07 Å². The van der Waals surface area contributed by atoms with E-state index in [1.165, 1.54) is 49.9 Å². The van der Waals surface area contributed by atoms with Crippen molar-refractivity contribution < 1.29 is 0 Å². The van der Waals surface area contributed by atoms with E-state index in [9.17, 15) is 0 Å². The first-order valence-corrected chi connectivity index (χ1v) is 7.77. The molecule has 0 fully saturated rings. The largest absolute Gasteiger partial charge is 0.258 e. The average molecular weight is 247 g/mol. The Kier molecular flexibility index (Phi) is 7.00. The van der Waals surface area contributed by atoms with Crippen molar-refractivity contribution in [3.63, 3.8) is 0 Å². The Labute approximate surface area is 113 Å². The summed E-state index contributed by atoms with van der Waals surface area (Å²) < 4.78 is 0. The summed E-state index contributed by atoms with van der Waals surface area (Å²) in [5.41, 5.74) is 5.82. The molecule has 0 bridgehead atoms. The summed E-state index contributed by atoms with van der Waals surface area (Å²) in [5, 5.41) is 0. The second-order valence-electron chi connectivity index (χ2n) is 5.20. The molecule has 0 radical (unpaired) electrons. The fraction of sp³-hybridized carbons (Fsp3) is 0.706. The van der Waals surface area contributed by atoms with E-state index in [2.05, 4.69) is 33.8 Å². The Morgan fingerprint density at radius 3 is 1.94 bits per heavy atom. The minimum Gasteiger partial charge on any atom is -0.258 e. The Morgan fingerprint density at radius 1 is 0.778 bits per heavy atom. The lowest BCUT2D eigenvalue weighted by Gasteiger charge is -2.15. The van der Waals surface area contributed by atoms with Gasteiger partial charge in [0.1, 0.15) is 0 Å². The van der Waals surface area contributed by atoms with E-state index in [-0.39, 0.29) is 0 Å². The molecule has 0 aliphatic carbocycles. The van der Waals surface area contributed by atoms with Crippen molar-refractivity contribution in [2.75, 3.05) is 0 Å². The zero-order valence-corrected chi connectivity index (χ0v) is 12.7. The zero-order chi connectivity index (χ0) is 13.4. The summed E-state index contributed by atoms with van der Waals surface area (Å²) in [6, 6.07) is 2.37. The van der Waals surface area contributed by atoms with Crippen LogP contribution in [-0.4, -0.2) is 4.98 Å². The molecule has 1 aromatic heterocycles. The molecule has 0 N–H and O–H groups in total. The number of rotatable bonds is 8. The SMILES string of the molecule is CCCc1cc(CCC)c(CCC)c(CCC)n1. The maximum atomic E-state index is 4.91. The summed E-state index contributed by atoms with van der Waals surface area (Å²) in [7, 11) is 0. The van der Waals surface area contributed by atoms with Gasteiger partial charge in [-0.1, -0.05) is 53.4 Å². The predicted octanol–water partition coefficient (Wildman–Crippen LogP) is 4.89. The molecule has 0 amide bonds. The molecule has 1 aromatic rings. The Balaban J connectivity index is 3.15. The first-order valence-electron chi connectivity index (χ1n) is 7.77. The van der Waals surface area contributed by atoms with E-state index in [1.54, 1.807) is 11.1 Å². The third-order valence-electron chi connectivity index (χ3n) is 3.37. The van der Waals surface area contributed by atoms with Crippen molar-refractivity contribution in [2.24, 2.45) is 0 Å². The molecule has 1 heteroatoms.